The molecule has 42 heavy (non-hydrogen) atoms. The first-order valence-electron chi connectivity index (χ1n) is 14.2. The van der Waals surface area contributed by atoms with Crippen LogP contribution in [0.15, 0.2) is 108 Å². The highest BCUT2D eigenvalue weighted by Gasteiger charge is 2.17. The summed E-state index contributed by atoms with van der Waals surface area (Å²) in [7, 11) is 0. The summed E-state index contributed by atoms with van der Waals surface area (Å²) in [6, 6.07) is 35.6. The lowest BCUT2D eigenvalue weighted by molar-refractivity contribution is 0.473. The Morgan fingerprint density at radius 1 is 0.714 bits per heavy atom. The minimum absolute atomic E-state index is 0.0261. The van der Waals surface area contributed by atoms with E-state index in [1.165, 1.54) is 22.3 Å². The molecule has 0 spiro atoms. The van der Waals surface area contributed by atoms with E-state index in [9.17, 15) is 5.11 Å². The van der Waals surface area contributed by atoms with Gasteiger partial charge < -0.3 is 5.11 Å². The number of phenols is 1. The average Bonchev–Trinajstić information content (AvgIpc) is 3.40. The van der Waals surface area contributed by atoms with Gasteiger partial charge in [0.25, 0.3) is 0 Å². The zero-order valence-corrected chi connectivity index (χ0v) is 25.5. The van der Waals surface area contributed by atoms with Gasteiger partial charge in [0.1, 0.15) is 10.8 Å². The number of aromatic nitrogens is 1. The molecule has 0 aliphatic rings. The van der Waals surface area contributed by atoms with Gasteiger partial charge in [-0.1, -0.05) is 98.6 Å². The number of phenolic OH excluding ortho intramolecular Hbond substituents is 1. The highest BCUT2D eigenvalue weighted by Crippen LogP contribution is 2.41. The van der Waals surface area contributed by atoms with Gasteiger partial charge in [0, 0.05) is 22.9 Å². The smallest absolute Gasteiger partial charge is 0.126 e. The van der Waals surface area contributed by atoms with Gasteiger partial charge in [-0.05, 0) is 77.9 Å². The molecular weight excluding hydrogens is 532 g/mol. The monoisotopic (exact) mass is 566 g/mol. The standard InChI is InChI=1S/C38H34N2OS/c1-24-17-25(2)19-27(18-24)28-21-32(26-11-7-6-8-12-26)36-35(22-28)42-37(40-36)31-13-9-10-14-33(31)39-23-29-20-30(38(3,4)5)15-16-34(29)41/h6-23,41H,1-5H3. The molecule has 6 aromatic rings. The van der Waals surface area contributed by atoms with Crippen LogP contribution < -0.4 is 0 Å². The van der Waals surface area contributed by atoms with E-state index in [0.717, 1.165) is 43.2 Å². The van der Waals surface area contributed by atoms with Crippen LogP contribution in [0.25, 0.3) is 43.0 Å². The minimum atomic E-state index is -0.0261. The molecule has 0 radical (unpaired) electrons. The summed E-state index contributed by atoms with van der Waals surface area (Å²) in [6.07, 6.45) is 1.75. The van der Waals surface area contributed by atoms with Gasteiger partial charge in [0.15, 0.2) is 0 Å². The third-order valence-electron chi connectivity index (χ3n) is 7.51. The summed E-state index contributed by atoms with van der Waals surface area (Å²) >= 11 is 1.69. The third kappa shape index (κ3) is 5.63. The van der Waals surface area contributed by atoms with Crippen molar-refractivity contribution < 1.29 is 5.11 Å². The number of hydrogen-bond acceptors (Lipinski definition) is 4. The summed E-state index contributed by atoms with van der Waals surface area (Å²) in [5.41, 5.74) is 11.8. The maximum atomic E-state index is 10.6. The van der Waals surface area contributed by atoms with Crippen molar-refractivity contribution in [2.45, 2.75) is 40.0 Å². The van der Waals surface area contributed by atoms with Gasteiger partial charge in [-0.3, -0.25) is 4.99 Å². The minimum Gasteiger partial charge on any atom is -0.507 e. The summed E-state index contributed by atoms with van der Waals surface area (Å²) in [5, 5.41) is 11.5. The van der Waals surface area contributed by atoms with Crippen LogP contribution in [-0.4, -0.2) is 16.3 Å². The fraction of sp³-hybridized carbons (Fsp3) is 0.158. The molecule has 0 unspecified atom stereocenters. The van der Waals surface area contributed by atoms with Crippen LogP contribution in [0.3, 0.4) is 0 Å². The number of para-hydroxylation sites is 1. The fourth-order valence-corrected chi connectivity index (χ4v) is 6.39. The van der Waals surface area contributed by atoms with Gasteiger partial charge in [0.2, 0.25) is 0 Å². The van der Waals surface area contributed by atoms with Gasteiger partial charge >= 0.3 is 0 Å². The van der Waals surface area contributed by atoms with Crippen LogP contribution in [0.5, 0.6) is 5.75 Å². The van der Waals surface area contributed by atoms with Crippen LogP contribution in [0, 0.1) is 13.8 Å². The molecule has 0 amide bonds. The lowest BCUT2D eigenvalue weighted by Gasteiger charge is -2.19. The number of aryl methyl sites for hydroxylation is 2. The van der Waals surface area contributed by atoms with Crippen LogP contribution in [-0.2, 0) is 5.41 Å². The van der Waals surface area contributed by atoms with Crippen molar-refractivity contribution >= 4 is 33.5 Å². The Kier molecular flexibility index (Phi) is 7.26. The number of fused-ring (bicyclic) bond motifs is 1. The molecule has 1 aromatic heterocycles. The predicted molar refractivity (Wildman–Crippen MR) is 179 cm³/mol. The molecule has 0 aliphatic carbocycles. The van der Waals surface area contributed by atoms with E-state index in [0.29, 0.717) is 5.56 Å². The first-order chi connectivity index (χ1) is 20.2. The Morgan fingerprint density at radius 3 is 2.14 bits per heavy atom. The van der Waals surface area contributed by atoms with Crippen molar-refractivity contribution in [2.75, 3.05) is 0 Å². The van der Waals surface area contributed by atoms with Crippen LogP contribution in [0.4, 0.5) is 5.69 Å². The van der Waals surface area contributed by atoms with E-state index in [1.54, 1.807) is 23.6 Å². The van der Waals surface area contributed by atoms with Crippen molar-refractivity contribution in [2.24, 2.45) is 4.99 Å². The van der Waals surface area contributed by atoms with E-state index < -0.39 is 0 Å². The second-order valence-corrected chi connectivity index (χ2v) is 13.0. The Balaban J connectivity index is 1.48. The number of thiazole rings is 1. The number of rotatable bonds is 5. The Bertz CT molecular complexity index is 1920. The van der Waals surface area contributed by atoms with Crippen molar-refractivity contribution in [3.63, 3.8) is 0 Å². The summed E-state index contributed by atoms with van der Waals surface area (Å²) in [6.45, 7) is 10.8. The first kappa shape index (κ1) is 27.6. The lowest BCUT2D eigenvalue weighted by Crippen LogP contribution is -2.11. The van der Waals surface area contributed by atoms with Crippen molar-refractivity contribution in [1.29, 1.82) is 0 Å². The van der Waals surface area contributed by atoms with E-state index in [4.69, 9.17) is 9.98 Å². The number of aromatic hydroxyl groups is 1. The van der Waals surface area contributed by atoms with Crippen LogP contribution in [0.1, 0.15) is 43.0 Å². The molecule has 0 fully saturated rings. The number of hydrogen-bond donors (Lipinski definition) is 1. The van der Waals surface area contributed by atoms with Gasteiger partial charge in [-0.2, -0.15) is 0 Å². The van der Waals surface area contributed by atoms with E-state index in [-0.39, 0.29) is 11.2 Å². The number of nitrogens with zero attached hydrogens (tertiary/aromatic N) is 2. The zero-order valence-electron chi connectivity index (χ0n) is 24.6. The van der Waals surface area contributed by atoms with Crippen LogP contribution >= 0.6 is 11.3 Å². The number of benzene rings is 5. The zero-order chi connectivity index (χ0) is 29.4. The fourth-order valence-electron chi connectivity index (χ4n) is 5.32. The third-order valence-corrected chi connectivity index (χ3v) is 8.54. The van der Waals surface area contributed by atoms with Crippen molar-refractivity contribution in [3.05, 3.63) is 125 Å². The van der Waals surface area contributed by atoms with Gasteiger partial charge in [-0.15, -0.1) is 11.3 Å². The SMILES string of the molecule is Cc1cc(C)cc(-c2cc(-c3ccccc3)c3nc(-c4ccccc4N=Cc4cc(C(C)(C)C)ccc4O)sc3c2)c1. The molecule has 0 saturated carbocycles. The Hall–Kier alpha value is -4.54. The highest BCUT2D eigenvalue weighted by molar-refractivity contribution is 7.21. The van der Waals surface area contributed by atoms with E-state index in [2.05, 4.69) is 95.3 Å². The molecule has 6 rings (SSSR count). The van der Waals surface area contributed by atoms with Gasteiger partial charge in [0.05, 0.1) is 15.9 Å². The highest BCUT2D eigenvalue weighted by atomic mass is 32.1. The molecule has 4 heteroatoms. The summed E-state index contributed by atoms with van der Waals surface area (Å²) in [4.78, 5) is 10.1. The summed E-state index contributed by atoms with van der Waals surface area (Å²) < 4.78 is 1.13. The molecule has 1 heterocycles. The molecule has 0 bridgehead atoms. The van der Waals surface area contributed by atoms with E-state index in [1.807, 2.05) is 36.4 Å². The summed E-state index contributed by atoms with van der Waals surface area (Å²) in [5.74, 6) is 0.218. The Morgan fingerprint density at radius 2 is 1.40 bits per heavy atom. The molecule has 3 nitrogen and oxygen atoms in total. The molecule has 1 N–H and O–H groups in total. The molecule has 0 atom stereocenters. The topological polar surface area (TPSA) is 45.5 Å². The number of aliphatic imine (C=N–C) groups is 1. The van der Waals surface area contributed by atoms with Gasteiger partial charge in [-0.25, -0.2) is 4.98 Å². The van der Waals surface area contributed by atoms with Crippen molar-refractivity contribution in [3.8, 4) is 38.6 Å². The Labute approximate surface area is 251 Å². The molecule has 5 aromatic carbocycles. The second-order valence-electron chi connectivity index (χ2n) is 11.9. The quantitative estimate of drug-likeness (QED) is 0.211. The second kappa shape index (κ2) is 11.0. The van der Waals surface area contributed by atoms with Crippen LogP contribution in [0.2, 0.25) is 0 Å². The van der Waals surface area contributed by atoms with E-state index >= 15 is 0 Å². The molecule has 0 aliphatic heterocycles. The molecule has 0 saturated heterocycles. The largest absolute Gasteiger partial charge is 0.507 e. The maximum Gasteiger partial charge on any atom is 0.126 e. The molecular formula is C38H34N2OS. The van der Waals surface area contributed by atoms with Crippen molar-refractivity contribution in [1.82, 2.24) is 4.98 Å². The molecule has 208 valence electrons. The predicted octanol–water partition coefficient (Wildman–Crippen LogP) is 10.7. The average molecular weight is 567 g/mol. The normalized spacial score (nSPS) is 11.9. The lowest BCUT2D eigenvalue weighted by atomic mass is 9.86. The first-order valence-corrected chi connectivity index (χ1v) is 15.0. The maximum absolute atomic E-state index is 10.6.